The molecular weight excluding hydrogens is 254 g/mol. The molecule has 0 spiro atoms. The summed E-state index contributed by atoms with van der Waals surface area (Å²) in [5, 5.41) is 30.6. The molecule has 1 aromatic rings. The molecule has 2 unspecified atom stereocenters. The van der Waals surface area contributed by atoms with Crippen molar-refractivity contribution in [2.75, 3.05) is 0 Å². The topological polar surface area (TPSA) is 90.7 Å². The Bertz CT molecular complexity index is 441. The summed E-state index contributed by atoms with van der Waals surface area (Å²) in [4.78, 5) is 14.6. The molecule has 0 amide bonds. The first-order valence-electron chi connectivity index (χ1n) is 5.56. The lowest BCUT2D eigenvalue weighted by atomic mass is 10.0. The SMILES string of the molecule is CC(=Cc1csc(C)n1)C(O)CC(O)CC(=O)O. The molecule has 0 aliphatic heterocycles. The highest BCUT2D eigenvalue weighted by Gasteiger charge is 2.16. The van der Waals surface area contributed by atoms with Crippen LogP contribution < -0.4 is 0 Å². The first-order chi connectivity index (χ1) is 8.38. The Morgan fingerprint density at radius 1 is 1.56 bits per heavy atom. The highest BCUT2D eigenvalue weighted by Crippen LogP contribution is 2.16. The minimum atomic E-state index is -1.08. The molecule has 5 nitrogen and oxygen atoms in total. The normalized spacial score (nSPS) is 15.4. The molecule has 100 valence electrons. The van der Waals surface area contributed by atoms with Crippen LogP contribution in [0.4, 0.5) is 0 Å². The number of hydrogen-bond acceptors (Lipinski definition) is 5. The molecule has 6 heteroatoms. The van der Waals surface area contributed by atoms with Gasteiger partial charge < -0.3 is 15.3 Å². The van der Waals surface area contributed by atoms with E-state index in [9.17, 15) is 15.0 Å². The fourth-order valence-electron chi connectivity index (χ4n) is 1.50. The van der Waals surface area contributed by atoms with Gasteiger partial charge in [0, 0.05) is 11.8 Å². The van der Waals surface area contributed by atoms with Crippen LogP contribution in [0.2, 0.25) is 0 Å². The van der Waals surface area contributed by atoms with Gasteiger partial charge in [-0.3, -0.25) is 4.79 Å². The largest absolute Gasteiger partial charge is 0.481 e. The van der Waals surface area contributed by atoms with Crippen LogP contribution in [0.1, 0.15) is 30.5 Å². The summed E-state index contributed by atoms with van der Waals surface area (Å²) >= 11 is 1.52. The summed E-state index contributed by atoms with van der Waals surface area (Å²) in [5.74, 6) is -1.08. The van der Waals surface area contributed by atoms with Gasteiger partial charge in [0.05, 0.1) is 29.3 Å². The van der Waals surface area contributed by atoms with Crippen LogP contribution in [0.15, 0.2) is 11.0 Å². The van der Waals surface area contributed by atoms with Crippen molar-refractivity contribution >= 4 is 23.4 Å². The predicted octanol–water partition coefficient (Wildman–Crippen LogP) is 1.44. The third kappa shape index (κ3) is 4.95. The van der Waals surface area contributed by atoms with Crippen LogP contribution in [-0.4, -0.2) is 38.5 Å². The Morgan fingerprint density at radius 3 is 2.72 bits per heavy atom. The molecule has 0 aliphatic carbocycles. The van der Waals surface area contributed by atoms with Gasteiger partial charge in [0.2, 0.25) is 0 Å². The van der Waals surface area contributed by atoms with E-state index in [1.165, 1.54) is 11.3 Å². The van der Waals surface area contributed by atoms with E-state index in [0.29, 0.717) is 5.57 Å². The van der Waals surface area contributed by atoms with Gasteiger partial charge in [-0.1, -0.05) is 0 Å². The molecular formula is C12H17NO4S. The van der Waals surface area contributed by atoms with Crippen molar-refractivity contribution in [1.82, 2.24) is 4.98 Å². The molecule has 0 radical (unpaired) electrons. The van der Waals surface area contributed by atoms with Gasteiger partial charge in [-0.15, -0.1) is 11.3 Å². The number of carbonyl (C=O) groups is 1. The van der Waals surface area contributed by atoms with Crippen molar-refractivity contribution in [1.29, 1.82) is 0 Å². The molecule has 0 bridgehead atoms. The van der Waals surface area contributed by atoms with Gasteiger partial charge in [-0.2, -0.15) is 0 Å². The number of aromatic nitrogens is 1. The quantitative estimate of drug-likeness (QED) is 0.728. The first kappa shape index (κ1) is 14.8. The van der Waals surface area contributed by atoms with E-state index >= 15 is 0 Å². The molecule has 0 aliphatic rings. The van der Waals surface area contributed by atoms with Gasteiger partial charge in [0.15, 0.2) is 0 Å². The number of rotatable bonds is 6. The number of aliphatic hydroxyl groups excluding tert-OH is 2. The number of hydrogen-bond donors (Lipinski definition) is 3. The summed E-state index contributed by atoms with van der Waals surface area (Å²) in [6, 6.07) is 0. The Labute approximate surface area is 109 Å². The van der Waals surface area contributed by atoms with Crippen LogP contribution in [0, 0.1) is 6.92 Å². The molecule has 2 atom stereocenters. The Hall–Kier alpha value is -1.24. The molecule has 0 saturated heterocycles. The Balaban J connectivity index is 2.58. The Kier molecular flexibility index (Phi) is 5.46. The van der Waals surface area contributed by atoms with Gasteiger partial charge in [0.1, 0.15) is 0 Å². The summed E-state index contributed by atoms with van der Waals surface area (Å²) in [6.45, 7) is 3.62. The van der Waals surface area contributed by atoms with E-state index in [0.717, 1.165) is 10.7 Å². The lowest BCUT2D eigenvalue weighted by molar-refractivity contribution is -0.139. The molecule has 1 heterocycles. The molecule has 0 saturated carbocycles. The molecule has 3 N–H and O–H groups in total. The smallest absolute Gasteiger partial charge is 0.305 e. The van der Waals surface area contributed by atoms with E-state index in [2.05, 4.69) is 4.98 Å². The maximum atomic E-state index is 10.4. The van der Waals surface area contributed by atoms with Crippen LogP contribution in [0.5, 0.6) is 0 Å². The van der Waals surface area contributed by atoms with Gasteiger partial charge in [-0.05, 0) is 25.5 Å². The van der Waals surface area contributed by atoms with Gasteiger partial charge >= 0.3 is 5.97 Å². The van der Waals surface area contributed by atoms with E-state index in [1.807, 2.05) is 12.3 Å². The maximum Gasteiger partial charge on any atom is 0.305 e. The standard InChI is InChI=1S/C12H17NO4S/c1-7(3-9-6-18-8(2)13-9)11(15)4-10(14)5-12(16)17/h3,6,10-11,14-15H,4-5H2,1-2H3,(H,16,17). The zero-order chi connectivity index (χ0) is 13.7. The second-order valence-corrected chi connectivity index (χ2v) is 5.25. The minimum Gasteiger partial charge on any atom is -0.481 e. The van der Waals surface area contributed by atoms with Crippen molar-refractivity contribution in [3.8, 4) is 0 Å². The van der Waals surface area contributed by atoms with E-state index in [4.69, 9.17) is 5.11 Å². The summed E-state index contributed by atoms with van der Waals surface area (Å²) < 4.78 is 0. The van der Waals surface area contributed by atoms with Crippen LogP contribution >= 0.6 is 11.3 Å². The fraction of sp³-hybridized carbons (Fsp3) is 0.500. The summed E-state index contributed by atoms with van der Waals surface area (Å²) in [6.07, 6.45) is -0.515. The third-order valence-electron chi connectivity index (χ3n) is 2.44. The first-order valence-corrected chi connectivity index (χ1v) is 6.44. The highest BCUT2D eigenvalue weighted by atomic mass is 32.1. The summed E-state index contributed by atoms with van der Waals surface area (Å²) in [5.41, 5.74) is 1.42. The highest BCUT2D eigenvalue weighted by molar-refractivity contribution is 7.09. The minimum absolute atomic E-state index is 0.0117. The number of aliphatic hydroxyl groups is 2. The second-order valence-electron chi connectivity index (χ2n) is 4.18. The number of carboxylic acid groups (broad SMARTS) is 1. The number of carboxylic acids is 1. The van der Waals surface area contributed by atoms with E-state index < -0.39 is 18.2 Å². The average Bonchev–Trinajstić information content (AvgIpc) is 2.62. The van der Waals surface area contributed by atoms with Gasteiger partial charge in [-0.25, -0.2) is 4.98 Å². The monoisotopic (exact) mass is 271 g/mol. The van der Waals surface area contributed by atoms with Crippen molar-refractivity contribution in [2.45, 2.75) is 38.9 Å². The van der Waals surface area contributed by atoms with E-state index in [-0.39, 0.29) is 12.8 Å². The van der Waals surface area contributed by atoms with Crippen molar-refractivity contribution < 1.29 is 20.1 Å². The maximum absolute atomic E-state index is 10.4. The Morgan fingerprint density at radius 2 is 2.22 bits per heavy atom. The van der Waals surface area contributed by atoms with Crippen molar-refractivity contribution in [3.05, 3.63) is 21.7 Å². The lowest BCUT2D eigenvalue weighted by Crippen LogP contribution is -2.21. The van der Waals surface area contributed by atoms with E-state index in [1.54, 1.807) is 13.0 Å². The number of thiazole rings is 1. The zero-order valence-corrected chi connectivity index (χ0v) is 11.1. The fourth-order valence-corrected chi connectivity index (χ4v) is 2.07. The number of aliphatic carboxylic acids is 1. The van der Waals surface area contributed by atoms with Gasteiger partial charge in [0.25, 0.3) is 0 Å². The summed E-state index contributed by atoms with van der Waals surface area (Å²) in [7, 11) is 0. The van der Waals surface area contributed by atoms with Crippen molar-refractivity contribution in [2.24, 2.45) is 0 Å². The third-order valence-corrected chi connectivity index (χ3v) is 3.24. The predicted molar refractivity (Wildman–Crippen MR) is 69.4 cm³/mol. The lowest BCUT2D eigenvalue weighted by Gasteiger charge is -2.14. The molecule has 1 aromatic heterocycles. The molecule has 0 aromatic carbocycles. The average molecular weight is 271 g/mol. The molecule has 1 rings (SSSR count). The zero-order valence-electron chi connectivity index (χ0n) is 10.3. The van der Waals surface area contributed by atoms with Crippen LogP contribution in [-0.2, 0) is 4.79 Å². The number of nitrogens with zero attached hydrogens (tertiary/aromatic N) is 1. The second kappa shape index (κ2) is 6.63. The van der Waals surface area contributed by atoms with Crippen LogP contribution in [0.3, 0.4) is 0 Å². The molecule has 18 heavy (non-hydrogen) atoms. The molecule has 0 fully saturated rings. The number of aryl methyl sites for hydroxylation is 1. The van der Waals surface area contributed by atoms with Crippen molar-refractivity contribution in [3.63, 3.8) is 0 Å². The van der Waals surface area contributed by atoms with Crippen LogP contribution in [0.25, 0.3) is 6.08 Å².